The second-order valence-corrected chi connectivity index (χ2v) is 8.28. The van der Waals surface area contributed by atoms with E-state index in [0.717, 1.165) is 25.8 Å². The third-order valence-corrected chi connectivity index (χ3v) is 6.09. The fourth-order valence-corrected chi connectivity index (χ4v) is 5.19. The highest BCUT2D eigenvalue weighted by atomic mass is 32.2. The highest BCUT2D eigenvalue weighted by Crippen LogP contribution is 2.34. The molecule has 0 saturated heterocycles. The molecule has 1 N–H and O–H groups in total. The zero-order valence-corrected chi connectivity index (χ0v) is 12.3. The molecule has 0 aromatic carbocycles. The lowest BCUT2D eigenvalue weighted by atomic mass is 10.1. The Morgan fingerprint density at radius 2 is 1.83 bits per heavy atom. The van der Waals surface area contributed by atoms with E-state index < -0.39 is 9.84 Å². The molecule has 2 fully saturated rings. The molecule has 2 saturated carbocycles. The van der Waals surface area contributed by atoms with Crippen LogP contribution in [0, 0.1) is 11.8 Å². The van der Waals surface area contributed by atoms with Gasteiger partial charge in [0.05, 0.1) is 11.5 Å². The molecule has 18 heavy (non-hydrogen) atoms. The minimum atomic E-state index is -2.86. The predicted molar refractivity (Wildman–Crippen MR) is 75.4 cm³/mol. The molecule has 3 nitrogen and oxygen atoms in total. The van der Waals surface area contributed by atoms with Crippen LogP contribution in [0.3, 0.4) is 0 Å². The number of rotatable bonds is 8. The van der Waals surface area contributed by atoms with E-state index in [9.17, 15) is 8.42 Å². The zero-order chi connectivity index (χ0) is 13.0. The van der Waals surface area contributed by atoms with Gasteiger partial charge in [0.15, 0.2) is 9.84 Å². The second-order valence-electron chi connectivity index (χ2n) is 6.13. The van der Waals surface area contributed by atoms with Crippen LogP contribution in [0.25, 0.3) is 0 Å². The summed E-state index contributed by atoms with van der Waals surface area (Å²) >= 11 is 0. The average Bonchev–Trinajstić information content (AvgIpc) is 3.04. The van der Waals surface area contributed by atoms with Crippen LogP contribution < -0.4 is 5.32 Å². The first-order valence-electron chi connectivity index (χ1n) is 7.54. The SMILES string of the molecule is CCCNC(CS(=O)(=O)CC1CCCC1)C1CC1. The van der Waals surface area contributed by atoms with Crippen molar-refractivity contribution in [3.05, 3.63) is 0 Å². The molecule has 0 spiro atoms. The Kier molecular flexibility index (Phi) is 5.07. The molecule has 0 aromatic rings. The van der Waals surface area contributed by atoms with Crippen LogP contribution in [-0.4, -0.2) is 32.5 Å². The molecule has 0 radical (unpaired) electrons. The van der Waals surface area contributed by atoms with Crippen LogP contribution in [0.5, 0.6) is 0 Å². The number of hydrogen-bond donors (Lipinski definition) is 1. The maximum Gasteiger partial charge on any atom is 0.152 e. The Hall–Kier alpha value is -0.0900. The van der Waals surface area contributed by atoms with Gasteiger partial charge in [0, 0.05) is 6.04 Å². The molecule has 0 heterocycles. The monoisotopic (exact) mass is 273 g/mol. The highest BCUT2D eigenvalue weighted by Gasteiger charge is 2.34. The van der Waals surface area contributed by atoms with Crippen molar-refractivity contribution in [2.75, 3.05) is 18.1 Å². The third-order valence-electron chi connectivity index (χ3n) is 4.25. The van der Waals surface area contributed by atoms with Crippen LogP contribution in [0.2, 0.25) is 0 Å². The summed E-state index contributed by atoms with van der Waals surface area (Å²) in [6.45, 7) is 3.07. The van der Waals surface area contributed by atoms with Gasteiger partial charge in [-0.25, -0.2) is 8.42 Å². The lowest BCUT2D eigenvalue weighted by molar-refractivity contribution is 0.484. The summed E-state index contributed by atoms with van der Waals surface area (Å²) in [6.07, 6.45) is 8.18. The van der Waals surface area contributed by atoms with Gasteiger partial charge in [0.2, 0.25) is 0 Å². The summed E-state index contributed by atoms with van der Waals surface area (Å²) < 4.78 is 24.5. The summed E-state index contributed by atoms with van der Waals surface area (Å²) in [5.74, 6) is 1.87. The van der Waals surface area contributed by atoms with Gasteiger partial charge in [-0.1, -0.05) is 19.8 Å². The summed E-state index contributed by atoms with van der Waals surface area (Å²) in [5.41, 5.74) is 0. The molecule has 1 atom stereocenters. The van der Waals surface area contributed by atoms with Crippen molar-refractivity contribution in [3.63, 3.8) is 0 Å². The van der Waals surface area contributed by atoms with Crippen LogP contribution in [0.4, 0.5) is 0 Å². The van der Waals surface area contributed by atoms with Crippen LogP contribution >= 0.6 is 0 Å². The maximum absolute atomic E-state index is 12.3. The van der Waals surface area contributed by atoms with Crippen LogP contribution in [-0.2, 0) is 9.84 Å². The first kappa shape index (κ1) is 14.3. The van der Waals surface area contributed by atoms with Gasteiger partial charge >= 0.3 is 0 Å². The molecule has 0 amide bonds. The summed E-state index contributed by atoms with van der Waals surface area (Å²) in [7, 11) is -2.86. The van der Waals surface area contributed by atoms with Crippen LogP contribution in [0.1, 0.15) is 51.9 Å². The smallest absolute Gasteiger partial charge is 0.152 e. The largest absolute Gasteiger partial charge is 0.313 e. The van der Waals surface area contributed by atoms with Gasteiger partial charge in [-0.05, 0) is 50.5 Å². The Bertz CT molecular complexity index is 343. The molecule has 1 unspecified atom stereocenters. The summed E-state index contributed by atoms with van der Waals surface area (Å²) in [6, 6.07) is 0.219. The Balaban J connectivity index is 1.83. The van der Waals surface area contributed by atoms with Gasteiger partial charge < -0.3 is 5.32 Å². The van der Waals surface area contributed by atoms with Gasteiger partial charge in [0.1, 0.15) is 0 Å². The minimum Gasteiger partial charge on any atom is -0.313 e. The standard InChI is InChI=1S/C14H27NO2S/c1-2-9-15-14(13-7-8-13)11-18(16,17)10-12-5-3-4-6-12/h12-15H,2-11H2,1H3. The molecule has 0 bridgehead atoms. The Morgan fingerprint density at radius 3 is 2.39 bits per heavy atom. The lowest BCUT2D eigenvalue weighted by Gasteiger charge is -2.19. The van der Waals surface area contributed by atoms with E-state index in [1.165, 1.54) is 25.7 Å². The lowest BCUT2D eigenvalue weighted by Crippen LogP contribution is -2.39. The first-order chi connectivity index (χ1) is 8.61. The second kappa shape index (κ2) is 6.38. The fraction of sp³-hybridized carbons (Fsp3) is 1.00. The predicted octanol–water partition coefficient (Wildman–Crippen LogP) is 2.37. The van der Waals surface area contributed by atoms with Crippen molar-refractivity contribution in [3.8, 4) is 0 Å². The molecule has 2 rings (SSSR count). The molecule has 106 valence electrons. The minimum absolute atomic E-state index is 0.219. The number of hydrogen-bond acceptors (Lipinski definition) is 3. The first-order valence-corrected chi connectivity index (χ1v) is 9.36. The summed E-state index contributed by atoms with van der Waals surface area (Å²) in [5, 5.41) is 3.43. The Morgan fingerprint density at radius 1 is 1.17 bits per heavy atom. The molecule has 0 aromatic heterocycles. The van der Waals surface area contributed by atoms with Crippen molar-refractivity contribution in [1.82, 2.24) is 5.32 Å². The van der Waals surface area contributed by atoms with Gasteiger partial charge in [-0.15, -0.1) is 0 Å². The van der Waals surface area contributed by atoms with Crippen LogP contribution in [0.15, 0.2) is 0 Å². The van der Waals surface area contributed by atoms with E-state index in [0.29, 0.717) is 23.3 Å². The van der Waals surface area contributed by atoms with Crippen molar-refractivity contribution in [2.24, 2.45) is 11.8 Å². The zero-order valence-electron chi connectivity index (χ0n) is 11.5. The van der Waals surface area contributed by atoms with E-state index >= 15 is 0 Å². The highest BCUT2D eigenvalue weighted by molar-refractivity contribution is 7.91. The summed E-state index contributed by atoms with van der Waals surface area (Å²) in [4.78, 5) is 0. The number of nitrogens with one attached hydrogen (secondary N) is 1. The molecule has 0 aliphatic heterocycles. The molecule has 2 aliphatic carbocycles. The normalized spacial score (nSPS) is 23.4. The van der Waals surface area contributed by atoms with E-state index in [-0.39, 0.29) is 6.04 Å². The van der Waals surface area contributed by atoms with Crippen molar-refractivity contribution >= 4 is 9.84 Å². The van der Waals surface area contributed by atoms with E-state index in [4.69, 9.17) is 0 Å². The third kappa shape index (κ3) is 4.54. The van der Waals surface area contributed by atoms with E-state index in [1.807, 2.05) is 0 Å². The van der Waals surface area contributed by atoms with Gasteiger partial charge in [-0.2, -0.15) is 0 Å². The average molecular weight is 273 g/mol. The number of sulfone groups is 1. The van der Waals surface area contributed by atoms with Gasteiger partial charge in [-0.3, -0.25) is 0 Å². The molecule has 2 aliphatic rings. The van der Waals surface area contributed by atoms with Crippen molar-refractivity contribution in [2.45, 2.75) is 57.9 Å². The quantitative estimate of drug-likeness (QED) is 0.738. The fourth-order valence-electron chi connectivity index (χ4n) is 3.07. The molecule has 4 heteroatoms. The van der Waals surface area contributed by atoms with E-state index in [2.05, 4.69) is 12.2 Å². The molecular weight excluding hydrogens is 246 g/mol. The topological polar surface area (TPSA) is 46.2 Å². The maximum atomic E-state index is 12.3. The van der Waals surface area contributed by atoms with Crippen molar-refractivity contribution in [1.29, 1.82) is 0 Å². The van der Waals surface area contributed by atoms with E-state index in [1.54, 1.807) is 0 Å². The molecular formula is C14H27NO2S. The Labute approximate surface area is 112 Å². The van der Waals surface area contributed by atoms with Gasteiger partial charge in [0.25, 0.3) is 0 Å². The van der Waals surface area contributed by atoms with Crippen molar-refractivity contribution < 1.29 is 8.42 Å².